The lowest BCUT2D eigenvalue weighted by molar-refractivity contribution is 0.647. The van der Waals surface area contributed by atoms with Crippen LogP contribution in [-0.4, -0.2) is 16.6 Å². The van der Waals surface area contributed by atoms with Gasteiger partial charge in [-0.25, -0.2) is 0 Å². The molecule has 2 aliphatic rings. The Balaban J connectivity index is 1.44. The number of hydrogen-bond acceptors (Lipinski definition) is 4. The van der Waals surface area contributed by atoms with Crippen molar-refractivity contribution >= 4 is 11.4 Å². The topological polar surface area (TPSA) is 32.3 Å². The van der Waals surface area contributed by atoms with Crippen molar-refractivity contribution in [3.8, 4) is 22.3 Å². The first-order valence-corrected chi connectivity index (χ1v) is 10.8. The molecule has 0 unspecified atom stereocenters. The Kier molecular flexibility index (Phi) is 4.06. The minimum Gasteiger partial charge on any atom is -0.349 e. The van der Waals surface area contributed by atoms with Crippen molar-refractivity contribution in [2.45, 2.75) is 26.9 Å². The lowest BCUT2D eigenvalue weighted by Crippen LogP contribution is -2.46. The zero-order valence-electron chi connectivity index (χ0n) is 17.8. The van der Waals surface area contributed by atoms with Crippen molar-refractivity contribution in [3.05, 3.63) is 95.6 Å². The third kappa shape index (κ3) is 2.82. The summed E-state index contributed by atoms with van der Waals surface area (Å²) in [6.45, 7) is 7.34. The zero-order chi connectivity index (χ0) is 20.9. The second-order valence-electron chi connectivity index (χ2n) is 8.50. The van der Waals surface area contributed by atoms with E-state index < -0.39 is 0 Å². The van der Waals surface area contributed by atoms with Gasteiger partial charge in [-0.05, 0) is 82.6 Å². The van der Waals surface area contributed by atoms with Gasteiger partial charge in [0.25, 0.3) is 0 Å². The molecule has 4 nitrogen and oxygen atoms in total. The highest BCUT2D eigenvalue weighted by atomic mass is 15.4. The largest absolute Gasteiger partial charge is 0.349 e. The first-order valence-electron chi connectivity index (χ1n) is 10.8. The first kappa shape index (κ1) is 18.1. The predicted octanol–water partition coefficient (Wildman–Crippen LogP) is 5.73. The van der Waals surface area contributed by atoms with Crippen LogP contribution >= 0.6 is 0 Å². The molecule has 2 bridgehead atoms. The Bertz CT molecular complexity index is 1180. The van der Waals surface area contributed by atoms with E-state index >= 15 is 0 Å². The van der Waals surface area contributed by atoms with Crippen LogP contribution in [0, 0.1) is 13.8 Å². The summed E-state index contributed by atoms with van der Waals surface area (Å²) in [6.07, 6.45) is 7.49. The van der Waals surface area contributed by atoms with E-state index in [-0.39, 0.29) is 0 Å². The number of pyridine rings is 2. The molecule has 0 amide bonds. The average Bonchev–Trinajstić information content (AvgIpc) is 2.80. The van der Waals surface area contributed by atoms with Crippen LogP contribution in [0.2, 0.25) is 0 Å². The Labute approximate surface area is 182 Å². The maximum atomic E-state index is 4.18. The zero-order valence-corrected chi connectivity index (χ0v) is 17.8. The third-order valence-electron chi connectivity index (χ3n) is 6.71. The molecule has 0 spiro atoms. The van der Waals surface area contributed by atoms with Crippen molar-refractivity contribution < 1.29 is 0 Å². The maximum Gasteiger partial charge on any atom is 0.0910 e. The highest BCUT2D eigenvalue weighted by Crippen LogP contribution is 2.45. The summed E-state index contributed by atoms with van der Waals surface area (Å²) < 4.78 is 0. The molecule has 0 fully saturated rings. The molecule has 4 heteroatoms. The number of hydrogen-bond donors (Lipinski definition) is 0. The van der Waals surface area contributed by atoms with E-state index in [9.17, 15) is 0 Å². The molecule has 0 saturated carbocycles. The SMILES string of the molecule is Cc1c(-c2ccncc2)ccc2c1N1Cc3ccc(-c4ccncc4)c(C)c3N(C2)C1. The molecule has 6 rings (SSSR count). The normalized spacial score (nSPS) is 14.3. The smallest absolute Gasteiger partial charge is 0.0910 e. The minimum absolute atomic E-state index is 0.932. The molecule has 2 aromatic heterocycles. The summed E-state index contributed by atoms with van der Waals surface area (Å²) >= 11 is 0. The number of anilines is 2. The van der Waals surface area contributed by atoms with Crippen LogP contribution in [0.4, 0.5) is 11.4 Å². The summed E-state index contributed by atoms with van der Waals surface area (Å²) in [5, 5.41) is 0. The molecule has 4 aromatic rings. The van der Waals surface area contributed by atoms with Crippen LogP contribution in [0.15, 0.2) is 73.3 Å². The summed E-state index contributed by atoms with van der Waals surface area (Å²) in [6, 6.07) is 17.5. The lowest BCUT2D eigenvalue weighted by atomic mass is 9.90. The molecular weight excluding hydrogens is 380 g/mol. The Morgan fingerprint density at radius 3 is 1.42 bits per heavy atom. The van der Waals surface area contributed by atoms with Crippen LogP contribution in [0.3, 0.4) is 0 Å². The Morgan fingerprint density at radius 1 is 0.581 bits per heavy atom. The van der Waals surface area contributed by atoms with Gasteiger partial charge in [0.15, 0.2) is 0 Å². The minimum atomic E-state index is 0.932. The van der Waals surface area contributed by atoms with Crippen LogP contribution in [0.5, 0.6) is 0 Å². The molecule has 0 radical (unpaired) electrons. The quantitative estimate of drug-likeness (QED) is 0.427. The number of fused-ring (bicyclic) bond motifs is 6. The number of rotatable bonds is 2. The van der Waals surface area contributed by atoms with Gasteiger partial charge in [0, 0.05) is 49.3 Å². The van der Waals surface area contributed by atoms with E-state index in [0.29, 0.717) is 0 Å². The molecule has 0 aliphatic carbocycles. The highest BCUT2D eigenvalue weighted by molar-refractivity contribution is 5.82. The van der Waals surface area contributed by atoms with Crippen LogP contribution in [0.1, 0.15) is 22.3 Å². The molecule has 2 aromatic carbocycles. The first-order chi connectivity index (χ1) is 15.2. The number of benzene rings is 2. The van der Waals surface area contributed by atoms with Crippen LogP contribution in [-0.2, 0) is 13.1 Å². The van der Waals surface area contributed by atoms with Gasteiger partial charge in [-0.15, -0.1) is 0 Å². The van der Waals surface area contributed by atoms with E-state index in [2.05, 4.69) is 82.1 Å². The predicted molar refractivity (Wildman–Crippen MR) is 126 cm³/mol. The molecule has 0 N–H and O–H groups in total. The van der Waals surface area contributed by atoms with E-state index in [0.717, 1.165) is 19.8 Å². The lowest BCUT2D eigenvalue weighted by Gasteiger charge is -2.46. The summed E-state index contributed by atoms with van der Waals surface area (Å²) in [4.78, 5) is 13.4. The molecule has 152 valence electrons. The van der Waals surface area contributed by atoms with Gasteiger partial charge in [-0.1, -0.05) is 24.3 Å². The summed E-state index contributed by atoms with van der Waals surface area (Å²) in [7, 11) is 0. The molecule has 0 atom stereocenters. The monoisotopic (exact) mass is 404 g/mol. The average molecular weight is 405 g/mol. The Hall–Kier alpha value is -3.66. The second kappa shape index (κ2) is 6.95. The maximum absolute atomic E-state index is 4.18. The molecule has 4 heterocycles. The van der Waals surface area contributed by atoms with Gasteiger partial charge >= 0.3 is 0 Å². The number of aromatic nitrogens is 2. The standard InChI is InChI=1S/C27H24N4/c1-18-24(20-7-11-28-12-8-20)5-3-22-15-31-17-30(26(18)22)16-23-4-6-25(19(2)27(23)31)21-9-13-29-14-10-21/h3-14H,15-17H2,1-2H3. The third-order valence-corrected chi connectivity index (χ3v) is 6.71. The number of nitrogens with zero attached hydrogens (tertiary/aromatic N) is 4. The van der Waals surface area contributed by atoms with Gasteiger partial charge < -0.3 is 9.80 Å². The fourth-order valence-electron chi connectivity index (χ4n) is 5.35. The fourth-order valence-corrected chi connectivity index (χ4v) is 5.35. The van der Waals surface area contributed by atoms with Crippen molar-refractivity contribution in [1.82, 2.24) is 9.97 Å². The van der Waals surface area contributed by atoms with Gasteiger partial charge in [-0.3, -0.25) is 9.97 Å². The fraction of sp³-hybridized carbons (Fsp3) is 0.185. The van der Waals surface area contributed by atoms with Crippen LogP contribution in [0.25, 0.3) is 22.3 Å². The Morgan fingerprint density at radius 2 is 1.00 bits per heavy atom. The van der Waals surface area contributed by atoms with E-state index in [1.54, 1.807) is 0 Å². The van der Waals surface area contributed by atoms with Crippen molar-refractivity contribution in [2.75, 3.05) is 16.5 Å². The van der Waals surface area contributed by atoms with E-state index in [1.807, 2.05) is 24.8 Å². The van der Waals surface area contributed by atoms with E-state index in [1.165, 1.54) is 55.9 Å². The second-order valence-corrected chi connectivity index (χ2v) is 8.50. The van der Waals surface area contributed by atoms with Gasteiger partial charge in [0.05, 0.1) is 6.67 Å². The summed E-state index contributed by atoms with van der Waals surface area (Å²) in [5.41, 5.74) is 13.4. The van der Waals surface area contributed by atoms with Crippen molar-refractivity contribution in [2.24, 2.45) is 0 Å². The highest BCUT2D eigenvalue weighted by Gasteiger charge is 2.32. The molecule has 2 aliphatic heterocycles. The van der Waals surface area contributed by atoms with Gasteiger partial charge in [0.2, 0.25) is 0 Å². The molecule has 31 heavy (non-hydrogen) atoms. The summed E-state index contributed by atoms with van der Waals surface area (Å²) in [5.74, 6) is 0. The van der Waals surface area contributed by atoms with Gasteiger partial charge in [-0.2, -0.15) is 0 Å². The van der Waals surface area contributed by atoms with E-state index in [4.69, 9.17) is 0 Å². The molecular formula is C27H24N4. The van der Waals surface area contributed by atoms with Gasteiger partial charge in [0.1, 0.15) is 0 Å². The van der Waals surface area contributed by atoms with Crippen molar-refractivity contribution in [3.63, 3.8) is 0 Å². The van der Waals surface area contributed by atoms with Crippen LogP contribution < -0.4 is 9.80 Å². The molecule has 0 saturated heterocycles. The van der Waals surface area contributed by atoms with Crippen molar-refractivity contribution in [1.29, 1.82) is 0 Å².